The van der Waals surface area contributed by atoms with E-state index in [0.717, 1.165) is 46.5 Å². The highest BCUT2D eigenvalue weighted by molar-refractivity contribution is 6.01. The minimum absolute atomic E-state index is 0.0317. The van der Waals surface area contributed by atoms with Gasteiger partial charge in [-0.05, 0) is 56.4 Å². The Morgan fingerprint density at radius 3 is 2.76 bits per heavy atom. The SMILES string of the molecule is COc1ccccc1-c1[nH]nc2ncc(-c3ccc(N)c(C(=O)N4CCC(N(C)C)C4)c3)cc12. The number of anilines is 1. The summed E-state index contributed by atoms with van der Waals surface area (Å²) in [4.78, 5) is 21.9. The third-order valence-corrected chi connectivity index (χ3v) is 6.58. The van der Waals surface area contributed by atoms with Crippen LogP contribution >= 0.6 is 0 Å². The number of benzene rings is 2. The number of amides is 1. The van der Waals surface area contributed by atoms with Crippen LogP contribution in [0.25, 0.3) is 33.4 Å². The van der Waals surface area contributed by atoms with E-state index in [9.17, 15) is 4.79 Å². The smallest absolute Gasteiger partial charge is 0.256 e. The first-order valence-electron chi connectivity index (χ1n) is 11.3. The molecule has 2 aromatic carbocycles. The fraction of sp³-hybridized carbons (Fsp3) is 0.269. The van der Waals surface area contributed by atoms with Crippen LogP contribution in [0.4, 0.5) is 5.69 Å². The molecule has 3 heterocycles. The molecule has 1 aliphatic rings. The van der Waals surface area contributed by atoms with E-state index in [-0.39, 0.29) is 5.91 Å². The van der Waals surface area contributed by atoms with E-state index < -0.39 is 0 Å². The summed E-state index contributed by atoms with van der Waals surface area (Å²) in [5.74, 6) is 0.719. The molecule has 3 N–H and O–H groups in total. The number of hydrogen-bond acceptors (Lipinski definition) is 6. The number of aromatic nitrogens is 3. The molecule has 0 bridgehead atoms. The number of hydrogen-bond donors (Lipinski definition) is 2. The molecular formula is C26H28N6O2. The van der Waals surface area contributed by atoms with E-state index in [1.807, 2.05) is 61.5 Å². The fourth-order valence-electron chi connectivity index (χ4n) is 4.55. The Morgan fingerprint density at radius 2 is 2.00 bits per heavy atom. The van der Waals surface area contributed by atoms with Crippen LogP contribution < -0.4 is 10.5 Å². The van der Waals surface area contributed by atoms with Crippen LogP contribution in [0.5, 0.6) is 5.75 Å². The zero-order chi connectivity index (χ0) is 23.8. The summed E-state index contributed by atoms with van der Waals surface area (Å²) < 4.78 is 5.53. The van der Waals surface area contributed by atoms with Crippen LogP contribution in [0.1, 0.15) is 16.8 Å². The predicted octanol–water partition coefficient (Wildman–Crippen LogP) is 3.66. The van der Waals surface area contributed by atoms with E-state index in [1.165, 1.54) is 0 Å². The molecule has 34 heavy (non-hydrogen) atoms. The average molecular weight is 457 g/mol. The number of nitrogens with one attached hydrogen (secondary N) is 1. The topological polar surface area (TPSA) is 100 Å². The van der Waals surface area contributed by atoms with Gasteiger partial charge in [-0.15, -0.1) is 0 Å². The number of carbonyl (C=O) groups is 1. The fourth-order valence-corrected chi connectivity index (χ4v) is 4.55. The lowest BCUT2D eigenvalue weighted by molar-refractivity contribution is 0.0784. The molecule has 174 valence electrons. The predicted molar refractivity (Wildman–Crippen MR) is 134 cm³/mol. The number of H-pyrrole nitrogens is 1. The summed E-state index contributed by atoms with van der Waals surface area (Å²) in [7, 11) is 5.74. The van der Waals surface area contributed by atoms with Crippen LogP contribution in [0.2, 0.25) is 0 Å². The van der Waals surface area contributed by atoms with Crippen molar-refractivity contribution in [2.75, 3.05) is 40.0 Å². The summed E-state index contributed by atoms with van der Waals surface area (Å²) in [6, 6.07) is 15.8. The number of methoxy groups -OCH3 is 1. The van der Waals surface area contributed by atoms with Gasteiger partial charge in [-0.2, -0.15) is 5.10 Å². The normalized spacial score (nSPS) is 15.9. The lowest BCUT2D eigenvalue weighted by atomic mass is 10.0. The van der Waals surface area contributed by atoms with Gasteiger partial charge < -0.3 is 20.3 Å². The Kier molecular flexibility index (Phi) is 5.67. The van der Waals surface area contributed by atoms with Crippen LogP contribution in [0.3, 0.4) is 0 Å². The van der Waals surface area contributed by atoms with Crippen molar-refractivity contribution in [3.05, 3.63) is 60.3 Å². The molecule has 1 aliphatic heterocycles. The quantitative estimate of drug-likeness (QED) is 0.445. The molecule has 8 nitrogen and oxygen atoms in total. The monoisotopic (exact) mass is 456 g/mol. The van der Waals surface area contributed by atoms with Crippen molar-refractivity contribution >= 4 is 22.6 Å². The number of nitrogens with two attached hydrogens (primary N) is 1. The van der Waals surface area contributed by atoms with E-state index in [0.29, 0.717) is 29.5 Å². The first-order chi connectivity index (χ1) is 16.5. The van der Waals surface area contributed by atoms with E-state index in [2.05, 4.69) is 20.1 Å². The highest BCUT2D eigenvalue weighted by Gasteiger charge is 2.29. The number of ether oxygens (including phenoxy) is 1. The van der Waals surface area contributed by atoms with Crippen molar-refractivity contribution in [1.82, 2.24) is 25.0 Å². The second kappa shape index (κ2) is 8.79. The highest BCUT2D eigenvalue weighted by Crippen LogP contribution is 2.35. The van der Waals surface area contributed by atoms with Crippen molar-refractivity contribution < 1.29 is 9.53 Å². The molecule has 0 radical (unpaired) electrons. The molecule has 1 amide bonds. The summed E-state index contributed by atoms with van der Waals surface area (Å²) in [6.07, 6.45) is 2.73. The first kappa shape index (κ1) is 21.9. The Morgan fingerprint density at radius 1 is 1.18 bits per heavy atom. The maximum atomic E-state index is 13.3. The van der Waals surface area contributed by atoms with Gasteiger partial charge in [0.05, 0.1) is 18.4 Å². The Hall–Kier alpha value is -3.91. The zero-order valence-electron chi connectivity index (χ0n) is 19.6. The molecular weight excluding hydrogens is 428 g/mol. The lowest BCUT2D eigenvalue weighted by Crippen LogP contribution is -2.34. The molecule has 4 aromatic rings. The third-order valence-electron chi connectivity index (χ3n) is 6.58. The van der Waals surface area contributed by atoms with E-state index in [1.54, 1.807) is 19.4 Å². The second-order valence-electron chi connectivity index (χ2n) is 8.85. The Labute approximate surface area is 198 Å². The number of fused-ring (bicyclic) bond motifs is 1. The summed E-state index contributed by atoms with van der Waals surface area (Å²) >= 11 is 0. The maximum Gasteiger partial charge on any atom is 0.256 e. The summed E-state index contributed by atoms with van der Waals surface area (Å²) in [5, 5.41) is 8.33. The van der Waals surface area contributed by atoms with Crippen LogP contribution in [-0.2, 0) is 0 Å². The average Bonchev–Trinajstić information content (AvgIpc) is 3.51. The lowest BCUT2D eigenvalue weighted by Gasteiger charge is -2.21. The van der Waals surface area contributed by atoms with Crippen molar-refractivity contribution in [1.29, 1.82) is 0 Å². The molecule has 0 spiro atoms. The number of likely N-dealkylation sites (N-methyl/N-ethyl adjacent to an activating group) is 1. The van der Waals surface area contributed by atoms with Crippen LogP contribution in [0, 0.1) is 0 Å². The molecule has 1 fully saturated rings. The molecule has 5 rings (SSSR count). The second-order valence-corrected chi connectivity index (χ2v) is 8.85. The van der Waals surface area contributed by atoms with Crippen LogP contribution in [0.15, 0.2) is 54.7 Å². The first-order valence-corrected chi connectivity index (χ1v) is 11.3. The van der Waals surface area contributed by atoms with Gasteiger partial charge in [0.15, 0.2) is 5.65 Å². The highest BCUT2D eigenvalue weighted by atomic mass is 16.5. The summed E-state index contributed by atoms with van der Waals surface area (Å²) in [6.45, 7) is 1.44. The van der Waals surface area contributed by atoms with Crippen LogP contribution in [-0.4, -0.2) is 71.2 Å². The number of likely N-dealkylation sites (tertiary alicyclic amines) is 1. The molecule has 2 aromatic heterocycles. The largest absolute Gasteiger partial charge is 0.496 e. The third kappa shape index (κ3) is 3.86. The number of para-hydroxylation sites is 1. The minimum atomic E-state index is -0.0317. The molecule has 0 saturated carbocycles. The van der Waals surface area contributed by atoms with Gasteiger partial charge in [-0.25, -0.2) is 4.98 Å². The number of rotatable bonds is 5. The number of carbonyl (C=O) groups excluding carboxylic acids is 1. The van der Waals surface area contributed by atoms with Gasteiger partial charge in [0, 0.05) is 47.5 Å². The summed E-state index contributed by atoms with van der Waals surface area (Å²) in [5.41, 5.74) is 11.3. The minimum Gasteiger partial charge on any atom is -0.496 e. The van der Waals surface area contributed by atoms with Crippen molar-refractivity contribution in [3.8, 4) is 28.1 Å². The van der Waals surface area contributed by atoms with Gasteiger partial charge in [0.2, 0.25) is 0 Å². The van der Waals surface area contributed by atoms with E-state index in [4.69, 9.17) is 10.5 Å². The Balaban J connectivity index is 1.51. The van der Waals surface area contributed by atoms with Crippen molar-refractivity contribution in [2.24, 2.45) is 0 Å². The number of nitrogens with zero attached hydrogens (tertiary/aromatic N) is 4. The molecule has 8 heteroatoms. The zero-order valence-corrected chi connectivity index (χ0v) is 19.6. The number of aromatic amines is 1. The number of nitrogen functional groups attached to an aromatic ring is 1. The molecule has 1 atom stereocenters. The Bertz CT molecular complexity index is 1360. The van der Waals surface area contributed by atoms with Crippen molar-refractivity contribution in [2.45, 2.75) is 12.5 Å². The van der Waals surface area contributed by atoms with Gasteiger partial charge in [-0.1, -0.05) is 18.2 Å². The molecule has 0 aliphatic carbocycles. The van der Waals surface area contributed by atoms with Gasteiger partial charge in [0.1, 0.15) is 5.75 Å². The molecule has 1 saturated heterocycles. The standard InChI is InChI=1S/C26H28N6O2/c1-31(2)18-10-11-32(15-18)26(33)20-12-16(8-9-22(20)27)17-13-21-24(29-30-25(21)28-14-17)19-6-4-5-7-23(19)34-3/h4-9,12-14,18H,10-11,15,27H2,1-3H3,(H,28,29,30). The number of pyridine rings is 1. The van der Waals surface area contributed by atoms with Gasteiger partial charge in [0.25, 0.3) is 5.91 Å². The van der Waals surface area contributed by atoms with Gasteiger partial charge >= 0.3 is 0 Å². The van der Waals surface area contributed by atoms with E-state index >= 15 is 0 Å². The maximum absolute atomic E-state index is 13.3. The van der Waals surface area contributed by atoms with Crippen molar-refractivity contribution in [3.63, 3.8) is 0 Å². The van der Waals surface area contributed by atoms with Gasteiger partial charge in [-0.3, -0.25) is 9.89 Å². The molecule has 1 unspecified atom stereocenters.